The second kappa shape index (κ2) is 14.7. The fourth-order valence-electron chi connectivity index (χ4n) is 9.96. The van der Waals surface area contributed by atoms with Crippen LogP contribution in [-0.4, -0.2) is 9.13 Å². The lowest BCUT2D eigenvalue weighted by Crippen LogP contribution is -2.09. The third kappa shape index (κ3) is 5.73. The van der Waals surface area contributed by atoms with E-state index in [0.717, 1.165) is 22.7 Å². The minimum Gasteiger partial charge on any atom is -0.311 e. The number of para-hydroxylation sites is 4. The molecule has 0 spiro atoms. The molecule has 0 bridgehead atoms. The molecule has 13 rings (SSSR count). The molecule has 0 radical (unpaired) electrons. The standard InChI is InChI=1S/C60H39N3S/c1-4-14-40(15-5-1)41-24-30-46(31-25-41)61(44-16-6-2-7-17-44)47-32-26-42(27-33-47)43-28-34-48(35-29-43)63-56-23-13-11-21-50(56)52-37-39-54-53-38-36-51-49-20-10-12-22-55(49)62(45-18-8-3-9-19-45)57(51)59(53)64-60(54)58(52)63/h1-39H. The van der Waals surface area contributed by atoms with E-state index in [-0.39, 0.29) is 0 Å². The lowest BCUT2D eigenvalue weighted by atomic mass is 10.0. The van der Waals surface area contributed by atoms with E-state index in [2.05, 4.69) is 251 Å². The first-order valence-electron chi connectivity index (χ1n) is 21.8. The maximum absolute atomic E-state index is 2.49. The molecular formula is C60H39N3S. The van der Waals surface area contributed by atoms with Crippen LogP contribution < -0.4 is 4.90 Å². The molecule has 3 aromatic heterocycles. The van der Waals surface area contributed by atoms with Gasteiger partial charge < -0.3 is 14.0 Å². The summed E-state index contributed by atoms with van der Waals surface area (Å²) in [6.07, 6.45) is 0. The molecule has 64 heavy (non-hydrogen) atoms. The van der Waals surface area contributed by atoms with Crippen LogP contribution in [0.4, 0.5) is 17.1 Å². The molecule has 0 aliphatic rings. The molecule has 13 aromatic rings. The van der Waals surface area contributed by atoms with Crippen LogP contribution in [0.3, 0.4) is 0 Å². The molecule has 0 unspecified atom stereocenters. The number of nitrogens with zero attached hydrogens (tertiary/aromatic N) is 3. The van der Waals surface area contributed by atoms with Crippen molar-refractivity contribution in [1.82, 2.24) is 9.13 Å². The Morgan fingerprint density at radius 3 is 1.12 bits per heavy atom. The first-order valence-corrected chi connectivity index (χ1v) is 22.7. The van der Waals surface area contributed by atoms with Gasteiger partial charge in [0.25, 0.3) is 0 Å². The molecule has 300 valence electrons. The molecular weight excluding hydrogens is 795 g/mol. The average molecular weight is 834 g/mol. The van der Waals surface area contributed by atoms with E-state index in [4.69, 9.17) is 0 Å². The maximum atomic E-state index is 2.49. The van der Waals surface area contributed by atoms with Crippen molar-refractivity contribution in [2.75, 3.05) is 4.90 Å². The van der Waals surface area contributed by atoms with Crippen LogP contribution in [0.1, 0.15) is 0 Å². The number of hydrogen-bond donors (Lipinski definition) is 0. The fraction of sp³-hybridized carbons (Fsp3) is 0. The van der Waals surface area contributed by atoms with Crippen molar-refractivity contribution in [1.29, 1.82) is 0 Å². The van der Waals surface area contributed by atoms with Gasteiger partial charge in [-0.05, 0) is 95.1 Å². The first-order chi connectivity index (χ1) is 31.8. The Kier molecular flexibility index (Phi) is 8.40. The molecule has 0 N–H and O–H groups in total. The summed E-state index contributed by atoms with van der Waals surface area (Å²) < 4.78 is 7.56. The van der Waals surface area contributed by atoms with Gasteiger partial charge in [-0.2, -0.15) is 0 Å². The van der Waals surface area contributed by atoms with Gasteiger partial charge in [0, 0.05) is 60.8 Å². The smallest absolute Gasteiger partial charge is 0.0719 e. The van der Waals surface area contributed by atoms with Crippen molar-refractivity contribution < 1.29 is 0 Å². The van der Waals surface area contributed by atoms with E-state index < -0.39 is 0 Å². The van der Waals surface area contributed by atoms with Crippen molar-refractivity contribution in [3.63, 3.8) is 0 Å². The Labute approximate surface area is 374 Å². The highest BCUT2D eigenvalue weighted by atomic mass is 32.1. The third-order valence-corrected chi connectivity index (χ3v) is 14.2. The van der Waals surface area contributed by atoms with Gasteiger partial charge in [0.15, 0.2) is 0 Å². The zero-order chi connectivity index (χ0) is 42.1. The van der Waals surface area contributed by atoms with Crippen LogP contribution in [0.5, 0.6) is 0 Å². The van der Waals surface area contributed by atoms with Crippen LogP contribution in [0.25, 0.3) is 97.4 Å². The molecule has 10 aromatic carbocycles. The average Bonchev–Trinajstić information content (AvgIpc) is 4.04. The zero-order valence-electron chi connectivity index (χ0n) is 34.8. The van der Waals surface area contributed by atoms with Gasteiger partial charge in [-0.3, -0.25) is 0 Å². The number of fused-ring (bicyclic) bond motifs is 11. The SMILES string of the molecule is c1ccc(-c2ccc(N(c3ccccc3)c3ccc(-c4ccc(-n5c6ccccc6c6ccc7c8ccc9c%10ccccc%10n(-c%10ccccc%10)c9c8sc7c65)cc4)cc3)cc2)cc1. The molecule has 0 aliphatic carbocycles. The van der Waals surface area contributed by atoms with Gasteiger partial charge in [-0.15, -0.1) is 11.3 Å². The normalized spacial score (nSPS) is 11.8. The van der Waals surface area contributed by atoms with E-state index >= 15 is 0 Å². The first kappa shape index (κ1) is 36.5. The number of aromatic nitrogens is 2. The fourth-order valence-corrected chi connectivity index (χ4v) is 11.3. The van der Waals surface area contributed by atoms with Gasteiger partial charge in [-0.25, -0.2) is 0 Å². The molecule has 0 amide bonds. The summed E-state index contributed by atoms with van der Waals surface area (Å²) in [5.41, 5.74) is 15.4. The molecule has 3 nitrogen and oxygen atoms in total. The Hall–Kier alpha value is -8.18. The molecule has 3 heterocycles. The Bertz CT molecular complexity index is 3850. The minimum atomic E-state index is 1.11. The Morgan fingerprint density at radius 2 is 0.625 bits per heavy atom. The lowest BCUT2D eigenvalue weighted by molar-refractivity contribution is 1.19. The van der Waals surface area contributed by atoms with Crippen molar-refractivity contribution >= 4 is 92.2 Å². The van der Waals surface area contributed by atoms with E-state index in [9.17, 15) is 0 Å². The Balaban J connectivity index is 0.917. The van der Waals surface area contributed by atoms with Gasteiger partial charge in [0.1, 0.15) is 0 Å². The number of anilines is 3. The quantitative estimate of drug-likeness (QED) is 0.156. The number of benzene rings is 10. The van der Waals surface area contributed by atoms with E-state index in [1.807, 2.05) is 11.3 Å². The van der Waals surface area contributed by atoms with E-state index in [0.29, 0.717) is 0 Å². The zero-order valence-corrected chi connectivity index (χ0v) is 35.6. The highest BCUT2D eigenvalue weighted by Crippen LogP contribution is 2.47. The highest BCUT2D eigenvalue weighted by molar-refractivity contribution is 7.27. The summed E-state index contributed by atoms with van der Waals surface area (Å²) in [7, 11) is 0. The number of rotatable bonds is 7. The summed E-state index contributed by atoms with van der Waals surface area (Å²) in [6.45, 7) is 0. The molecule has 0 saturated heterocycles. The summed E-state index contributed by atoms with van der Waals surface area (Å²) in [5.74, 6) is 0. The second-order valence-corrected chi connectivity index (χ2v) is 17.5. The highest BCUT2D eigenvalue weighted by Gasteiger charge is 2.22. The number of hydrogen-bond acceptors (Lipinski definition) is 2. The van der Waals surface area contributed by atoms with Crippen LogP contribution in [0, 0.1) is 0 Å². The molecule has 0 aliphatic heterocycles. The van der Waals surface area contributed by atoms with E-state index in [1.54, 1.807) is 0 Å². The third-order valence-electron chi connectivity index (χ3n) is 12.9. The van der Waals surface area contributed by atoms with Crippen molar-refractivity contribution in [3.8, 4) is 33.6 Å². The van der Waals surface area contributed by atoms with Gasteiger partial charge in [0.05, 0.1) is 31.5 Å². The minimum absolute atomic E-state index is 1.11. The van der Waals surface area contributed by atoms with Crippen molar-refractivity contribution in [2.45, 2.75) is 0 Å². The second-order valence-electron chi connectivity index (χ2n) is 16.5. The van der Waals surface area contributed by atoms with Crippen molar-refractivity contribution in [2.24, 2.45) is 0 Å². The maximum Gasteiger partial charge on any atom is 0.0719 e. The molecule has 4 heteroatoms. The van der Waals surface area contributed by atoms with E-state index in [1.165, 1.54) is 91.7 Å². The predicted octanol–water partition coefficient (Wildman–Crippen LogP) is 17.1. The van der Waals surface area contributed by atoms with Gasteiger partial charge in [0.2, 0.25) is 0 Å². The lowest BCUT2D eigenvalue weighted by Gasteiger charge is -2.26. The largest absolute Gasteiger partial charge is 0.311 e. The summed E-state index contributed by atoms with van der Waals surface area (Å²) in [4.78, 5) is 2.32. The molecule has 0 saturated carbocycles. The monoisotopic (exact) mass is 833 g/mol. The summed E-state index contributed by atoms with van der Waals surface area (Å²) in [6, 6.07) is 86.0. The van der Waals surface area contributed by atoms with Crippen molar-refractivity contribution in [3.05, 3.63) is 237 Å². The van der Waals surface area contributed by atoms with Crippen LogP contribution in [-0.2, 0) is 0 Å². The topological polar surface area (TPSA) is 13.1 Å². The van der Waals surface area contributed by atoms with Crippen LogP contribution in [0.2, 0.25) is 0 Å². The summed E-state index contributed by atoms with van der Waals surface area (Å²) in [5, 5.41) is 7.67. The summed E-state index contributed by atoms with van der Waals surface area (Å²) >= 11 is 1.92. The molecule has 0 fully saturated rings. The van der Waals surface area contributed by atoms with Crippen LogP contribution >= 0.6 is 11.3 Å². The number of thiophene rings is 1. The Morgan fingerprint density at radius 1 is 0.266 bits per heavy atom. The predicted molar refractivity (Wildman–Crippen MR) is 274 cm³/mol. The van der Waals surface area contributed by atoms with Crippen LogP contribution in [0.15, 0.2) is 237 Å². The molecule has 0 atom stereocenters. The van der Waals surface area contributed by atoms with Gasteiger partial charge in [-0.1, -0.05) is 164 Å². The van der Waals surface area contributed by atoms with Gasteiger partial charge >= 0.3 is 0 Å².